The van der Waals surface area contributed by atoms with Crippen LogP contribution in [0.3, 0.4) is 0 Å². The van der Waals surface area contributed by atoms with Crippen molar-refractivity contribution in [3.05, 3.63) is 33.9 Å². The minimum Gasteiger partial charge on any atom is -0.326 e. The number of nitrogens with zero attached hydrogens (tertiary/aromatic N) is 1. The fourth-order valence-electron chi connectivity index (χ4n) is 2.47. The molecule has 1 heterocycles. The van der Waals surface area contributed by atoms with Crippen molar-refractivity contribution in [2.24, 2.45) is 5.92 Å². The van der Waals surface area contributed by atoms with Crippen molar-refractivity contribution >= 4 is 17.3 Å². The molecule has 0 spiro atoms. The van der Waals surface area contributed by atoms with Crippen molar-refractivity contribution in [3.8, 4) is 0 Å². The quantitative estimate of drug-likeness (QED) is 0.638. The van der Waals surface area contributed by atoms with Gasteiger partial charge in [-0.2, -0.15) is 0 Å². The van der Waals surface area contributed by atoms with Crippen molar-refractivity contribution in [1.82, 2.24) is 5.32 Å². The molecule has 6 nitrogen and oxygen atoms in total. The third-order valence-corrected chi connectivity index (χ3v) is 3.72. The van der Waals surface area contributed by atoms with E-state index in [-0.39, 0.29) is 11.6 Å². The molecule has 2 N–H and O–H groups in total. The smallest absolute Gasteiger partial charge is 0.274 e. The first-order valence-electron chi connectivity index (χ1n) is 6.82. The molecule has 1 saturated heterocycles. The van der Waals surface area contributed by atoms with Gasteiger partial charge in [-0.05, 0) is 44.8 Å². The molecule has 20 heavy (non-hydrogen) atoms. The zero-order chi connectivity index (χ0) is 14.5. The van der Waals surface area contributed by atoms with E-state index in [2.05, 4.69) is 10.6 Å². The van der Waals surface area contributed by atoms with Gasteiger partial charge in [0.05, 0.1) is 16.2 Å². The Balaban J connectivity index is 1.93. The van der Waals surface area contributed by atoms with Gasteiger partial charge in [-0.15, -0.1) is 0 Å². The first kappa shape index (κ1) is 14.5. The minimum atomic E-state index is -0.435. The van der Waals surface area contributed by atoms with Crippen LogP contribution in [0.5, 0.6) is 0 Å². The Morgan fingerprint density at radius 2 is 2.35 bits per heavy atom. The number of nitro benzene ring substituents is 1. The summed E-state index contributed by atoms with van der Waals surface area (Å²) in [4.78, 5) is 22.3. The average Bonchev–Trinajstić information content (AvgIpc) is 2.91. The molecular formula is C14H19N3O3. The summed E-state index contributed by atoms with van der Waals surface area (Å²) in [6.07, 6.45) is 2.42. The average molecular weight is 277 g/mol. The van der Waals surface area contributed by atoms with Gasteiger partial charge in [0.25, 0.3) is 5.69 Å². The van der Waals surface area contributed by atoms with Gasteiger partial charge in [-0.1, -0.05) is 6.07 Å². The standard InChI is InChI=1S/C14H19N3O3/c1-10-12(3-2-4-13(10)17(19)20)16-14(18)6-5-11-7-8-15-9-11/h2-4,11,15H,5-9H2,1H3,(H,16,18). The lowest BCUT2D eigenvalue weighted by Gasteiger charge is -2.10. The number of amides is 1. The van der Waals surface area contributed by atoms with E-state index in [1.165, 1.54) is 6.07 Å². The van der Waals surface area contributed by atoms with Crippen molar-refractivity contribution < 1.29 is 9.72 Å². The zero-order valence-electron chi connectivity index (χ0n) is 11.5. The van der Waals surface area contributed by atoms with Crippen LogP contribution >= 0.6 is 0 Å². The summed E-state index contributed by atoms with van der Waals surface area (Å²) < 4.78 is 0. The maximum absolute atomic E-state index is 11.9. The van der Waals surface area contributed by atoms with Crippen LogP contribution in [-0.4, -0.2) is 23.9 Å². The van der Waals surface area contributed by atoms with E-state index in [1.807, 2.05) is 0 Å². The van der Waals surface area contributed by atoms with Crippen LogP contribution in [0, 0.1) is 23.0 Å². The first-order valence-corrected chi connectivity index (χ1v) is 6.82. The number of hydrogen-bond acceptors (Lipinski definition) is 4. The molecule has 0 saturated carbocycles. The molecule has 0 bridgehead atoms. The van der Waals surface area contributed by atoms with Gasteiger partial charge in [0.1, 0.15) is 0 Å². The van der Waals surface area contributed by atoms with Crippen LogP contribution in [0.15, 0.2) is 18.2 Å². The van der Waals surface area contributed by atoms with Gasteiger partial charge in [0.2, 0.25) is 5.91 Å². The summed E-state index contributed by atoms with van der Waals surface area (Å²) in [5, 5.41) is 16.9. The molecule has 0 radical (unpaired) electrons. The van der Waals surface area contributed by atoms with Gasteiger partial charge in [-0.25, -0.2) is 0 Å². The maximum Gasteiger partial charge on any atom is 0.274 e. The van der Waals surface area contributed by atoms with E-state index in [4.69, 9.17) is 0 Å². The molecule has 1 atom stereocenters. The molecular weight excluding hydrogens is 258 g/mol. The lowest BCUT2D eigenvalue weighted by Crippen LogP contribution is -2.15. The summed E-state index contributed by atoms with van der Waals surface area (Å²) in [6.45, 7) is 3.65. The minimum absolute atomic E-state index is 0.0304. The third-order valence-electron chi connectivity index (χ3n) is 3.72. The largest absolute Gasteiger partial charge is 0.326 e. The highest BCUT2D eigenvalue weighted by Gasteiger charge is 2.17. The van der Waals surface area contributed by atoms with Gasteiger partial charge in [0.15, 0.2) is 0 Å². The normalized spacial score (nSPS) is 17.9. The van der Waals surface area contributed by atoms with Crippen molar-refractivity contribution in [2.75, 3.05) is 18.4 Å². The molecule has 6 heteroatoms. The van der Waals surface area contributed by atoms with Crippen molar-refractivity contribution in [2.45, 2.75) is 26.2 Å². The predicted molar refractivity (Wildman–Crippen MR) is 76.7 cm³/mol. The lowest BCUT2D eigenvalue weighted by atomic mass is 10.0. The SMILES string of the molecule is Cc1c(NC(=O)CCC2CCNC2)cccc1[N+](=O)[O-]. The summed E-state index contributed by atoms with van der Waals surface area (Å²) in [6, 6.07) is 4.72. The fraction of sp³-hybridized carbons (Fsp3) is 0.500. The van der Waals surface area contributed by atoms with E-state index in [1.54, 1.807) is 19.1 Å². The zero-order valence-corrected chi connectivity index (χ0v) is 11.5. The van der Waals surface area contributed by atoms with Crippen LogP contribution in [-0.2, 0) is 4.79 Å². The Labute approximate surface area is 117 Å². The molecule has 0 aliphatic carbocycles. The van der Waals surface area contributed by atoms with E-state index >= 15 is 0 Å². The number of hydrogen-bond donors (Lipinski definition) is 2. The Bertz CT molecular complexity index is 510. The summed E-state index contributed by atoms with van der Waals surface area (Å²) in [5.74, 6) is 0.479. The van der Waals surface area contributed by atoms with Gasteiger partial charge in [0, 0.05) is 12.5 Å². The number of benzene rings is 1. The van der Waals surface area contributed by atoms with Gasteiger partial charge in [-0.3, -0.25) is 14.9 Å². The number of rotatable bonds is 5. The Morgan fingerprint density at radius 1 is 1.55 bits per heavy atom. The van der Waals surface area contributed by atoms with Crippen LogP contribution in [0.4, 0.5) is 11.4 Å². The molecule has 0 aromatic heterocycles. The maximum atomic E-state index is 11.9. The Kier molecular flexibility index (Phi) is 4.68. The molecule has 1 aliphatic rings. The number of anilines is 1. The van der Waals surface area contributed by atoms with Crippen LogP contribution < -0.4 is 10.6 Å². The van der Waals surface area contributed by atoms with Gasteiger partial charge < -0.3 is 10.6 Å². The van der Waals surface area contributed by atoms with E-state index < -0.39 is 4.92 Å². The lowest BCUT2D eigenvalue weighted by molar-refractivity contribution is -0.385. The molecule has 1 unspecified atom stereocenters. The molecule has 1 amide bonds. The topological polar surface area (TPSA) is 84.3 Å². The van der Waals surface area contributed by atoms with Crippen LogP contribution in [0.2, 0.25) is 0 Å². The molecule has 2 rings (SSSR count). The Hall–Kier alpha value is -1.95. The number of nitro groups is 1. The monoisotopic (exact) mass is 277 g/mol. The molecule has 1 fully saturated rings. The van der Waals surface area contributed by atoms with Crippen molar-refractivity contribution in [1.29, 1.82) is 0 Å². The summed E-state index contributed by atoms with van der Waals surface area (Å²) >= 11 is 0. The van der Waals surface area contributed by atoms with E-state index in [0.717, 1.165) is 25.9 Å². The number of nitrogens with one attached hydrogen (secondary N) is 2. The second kappa shape index (κ2) is 6.47. The second-order valence-corrected chi connectivity index (χ2v) is 5.15. The summed E-state index contributed by atoms with van der Waals surface area (Å²) in [7, 11) is 0. The highest BCUT2D eigenvalue weighted by atomic mass is 16.6. The van der Waals surface area contributed by atoms with Crippen LogP contribution in [0.25, 0.3) is 0 Å². The molecule has 1 aromatic carbocycles. The molecule has 108 valence electrons. The van der Waals surface area contributed by atoms with E-state index in [0.29, 0.717) is 23.6 Å². The summed E-state index contributed by atoms with van der Waals surface area (Å²) in [5.41, 5.74) is 1.05. The molecule has 1 aliphatic heterocycles. The number of carbonyl (C=O) groups excluding carboxylic acids is 1. The Morgan fingerprint density at radius 3 is 3.00 bits per heavy atom. The number of carbonyl (C=O) groups is 1. The van der Waals surface area contributed by atoms with Gasteiger partial charge >= 0.3 is 0 Å². The highest BCUT2D eigenvalue weighted by Crippen LogP contribution is 2.25. The predicted octanol–water partition coefficient (Wildman–Crippen LogP) is 2.23. The molecule has 1 aromatic rings. The van der Waals surface area contributed by atoms with Crippen LogP contribution in [0.1, 0.15) is 24.8 Å². The van der Waals surface area contributed by atoms with Crippen molar-refractivity contribution in [3.63, 3.8) is 0 Å². The first-order chi connectivity index (χ1) is 9.58. The fourth-order valence-corrected chi connectivity index (χ4v) is 2.47. The van der Waals surface area contributed by atoms with E-state index in [9.17, 15) is 14.9 Å². The highest BCUT2D eigenvalue weighted by molar-refractivity contribution is 5.92. The second-order valence-electron chi connectivity index (χ2n) is 5.15. The third kappa shape index (κ3) is 3.54.